The molecule has 1 amide bonds. The zero-order chi connectivity index (χ0) is 18.9. The Kier molecular flexibility index (Phi) is 6.64. The summed E-state index contributed by atoms with van der Waals surface area (Å²) in [6.07, 6.45) is 1.18. The first-order valence-electron chi connectivity index (χ1n) is 9.24. The standard InChI is InChI=1S/C24H25NO2/c1-27-23-15-9-8-14-22(23)18-24(26)25(19-21-12-6-3-7-13-21)17-16-20-10-4-2-5-11-20/h2-15H,16-19H2,1H3. The first kappa shape index (κ1) is 18.7. The van der Waals surface area contributed by atoms with Crippen molar-refractivity contribution in [2.24, 2.45) is 0 Å². The van der Waals surface area contributed by atoms with Gasteiger partial charge in [-0.05, 0) is 23.6 Å². The fraction of sp³-hybridized carbons (Fsp3) is 0.208. The number of amides is 1. The predicted octanol–water partition coefficient (Wildman–Crippen LogP) is 4.51. The summed E-state index contributed by atoms with van der Waals surface area (Å²) in [5, 5.41) is 0. The largest absolute Gasteiger partial charge is 0.496 e. The van der Waals surface area contributed by atoms with Gasteiger partial charge in [0.1, 0.15) is 5.75 Å². The van der Waals surface area contributed by atoms with E-state index < -0.39 is 0 Å². The molecule has 0 atom stereocenters. The molecule has 3 rings (SSSR count). The smallest absolute Gasteiger partial charge is 0.227 e. The average molecular weight is 359 g/mol. The molecule has 0 unspecified atom stereocenters. The second-order valence-electron chi connectivity index (χ2n) is 6.53. The molecule has 0 aliphatic heterocycles. The number of carbonyl (C=O) groups excluding carboxylic acids is 1. The maximum absolute atomic E-state index is 13.1. The van der Waals surface area contributed by atoms with Crippen LogP contribution in [0.25, 0.3) is 0 Å². The van der Waals surface area contributed by atoms with Crippen molar-refractivity contribution in [3.05, 3.63) is 102 Å². The highest BCUT2D eigenvalue weighted by molar-refractivity contribution is 5.79. The van der Waals surface area contributed by atoms with Gasteiger partial charge >= 0.3 is 0 Å². The zero-order valence-corrected chi connectivity index (χ0v) is 15.7. The Labute approximate surface area is 161 Å². The van der Waals surface area contributed by atoms with Crippen LogP contribution in [0.5, 0.6) is 5.75 Å². The average Bonchev–Trinajstić information content (AvgIpc) is 2.73. The van der Waals surface area contributed by atoms with Gasteiger partial charge in [0.25, 0.3) is 0 Å². The number of benzene rings is 3. The van der Waals surface area contributed by atoms with Gasteiger partial charge in [-0.1, -0.05) is 78.9 Å². The normalized spacial score (nSPS) is 10.4. The number of hydrogen-bond donors (Lipinski definition) is 0. The van der Waals surface area contributed by atoms with E-state index in [9.17, 15) is 4.79 Å². The molecule has 0 N–H and O–H groups in total. The number of ether oxygens (including phenoxy) is 1. The summed E-state index contributed by atoms with van der Waals surface area (Å²) in [4.78, 5) is 15.0. The summed E-state index contributed by atoms with van der Waals surface area (Å²) < 4.78 is 5.40. The fourth-order valence-electron chi connectivity index (χ4n) is 3.13. The number of rotatable bonds is 8. The molecule has 0 radical (unpaired) electrons. The molecule has 0 saturated carbocycles. The van der Waals surface area contributed by atoms with E-state index in [2.05, 4.69) is 24.3 Å². The third-order valence-electron chi connectivity index (χ3n) is 4.62. The van der Waals surface area contributed by atoms with Crippen molar-refractivity contribution in [3.63, 3.8) is 0 Å². The van der Waals surface area contributed by atoms with E-state index in [4.69, 9.17) is 4.74 Å². The van der Waals surface area contributed by atoms with Crippen LogP contribution in [0.3, 0.4) is 0 Å². The molecule has 3 nitrogen and oxygen atoms in total. The maximum atomic E-state index is 13.1. The summed E-state index contributed by atoms with van der Waals surface area (Å²) in [7, 11) is 1.64. The predicted molar refractivity (Wildman–Crippen MR) is 109 cm³/mol. The maximum Gasteiger partial charge on any atom is 0.227 e. The molecule has 27 heavy (non-hydrogen) atoms. The highest BCUT2D eigenvalue weighted by Crippen LogP contribution is 2.19. The molecule has 3 heteroatoms. The Bertz CT molecular complexity index is 847. The lowest BCUT2D eigenvalue weighted by Gasteiger charge is -2.23. The quantitative estimate of drug-likeness (QED) is 0.592. The summed E-state index contributed by atoms with van der Waals surface area (Å²) in [6.45, 7) is 1.30. The lowest BCUT2D eigenvalue weighted by molar-refractivity contribution is -0.131. The van der Waals surface area contributed by atoms with Crippen LogP contribution >= 0.6 is 0 Å². The topological polar surface area (TPSA) is 29.5 Å². The van der Waals surface area contributed by atoms with Gasteiger partial charge in [0, 0.05) is 18.7 Å². The second kappa shape index (κ2) is 9.58. The van der Waals surface area contributed by atoms with Gasteiger partial charge in [0.05, 0.1) is 13.5 Å². The number of nitrogens with zero attached hydrogens (tertiary/aromatic N) is 1. The lowest BCUT2D eigenvalue weighted by atomic mass is 10.1. The van der Waals surface area contributed by atoms with E-state index >= 15 is 0 Å². The highest BCUT2D eigenvalue weighted by atomic mass is 16.5. The minimum atomic E-state index is 0.110. The minimum absolute atomic E-state index is 0.110. The molecule has 0 spiro atoms. The molecule has 0 bridgehead atoms. The first-order chi connectivity index (χ1) is 13.3. The lowest BCUT2D eigenvalue weighted by Crippen LogP contribution is -2.33. The summed E-state index contributed by atoms with van der Waals surface area (Å²) in [6, 6.07) is 28.1. The van der Waals surface area contributed by atoms with Crippen LogP contribution < -0.4 is 4.74 Å². The molecule has 0 fully saturated rings. The van der Waals surface area contributed by atoms with Crippen LogP contribution in [0, 0.1) is 0 Å². The van der Waals surface area contributed by atoms with Crippen LogP contribution in [-0.2, 0) is 24.2 Å². The van der Waals surface area contributed by atoms with Crippen molar-refractivity contribution in [1.82, 2.24) is 4.90 Å². The van der Waals surface area contributed by atoms with E-state index in [1.807, 2.05) is 65.6 Å². The fourth-order valence-corrected chi connectivity index (χ4v) is 3.13. The Morgan fingerprint density at radius 2 is 1.41 bits per heavy atom. The number of para-hydroxylation sites is 1. The van der Waals surface area contributed by atoms with Gasteiger partial charge < -0.3 is 9.64 Å². The van der Waals surface area contributed by atoms with Gasteiger partial charge in [0.15, 0.2) is 0 Å². The van der Waals surface area contributed by atoms with Gasteiger partial charge in [0.2, 0.25) is 5.91 Å². The van der Waals surface area contributed by atoms with E-state index in [1.54, 1.807) is 7.11 Å². The summed E-state index contributed by atoms with van der Waals surface area (Å²) in [5.41, 5.74) is 3.29. The summed E-state index contributed by atoms with van der Waals surface area (Å²) >= 11 is 0. The van der Waals surface area contributed by atoms with Crippen molar-refractivity contribution in [2.75, 3.05) is 13.7 Å². The van der Waals surface area contributed by atoms with Crippen LogP contribution in [0.2, 0.25) is 0 Å². The molecule has 0 aliphatic rings. The molecular weight excluding hydrogens is 334 g/mol. The van der Waals surface area contributed by atoms with Crippen LogP contribution in [0.4, 0.5) is 0 Å². The Morgan fingerprint density at radius 3 is 2.07 bits per heavy atom. The van der Waals surface area contributed by atoms with Gasteiger partial charge in [-0.25, -0.2) is 0 Å². The van der Waals surface area contributed by atoms with Gasteiger partial charge in [-0.3, -0.25) is 4.79 Å². The summed E-state index contributed by atoms with van der Waals surface area (Å²) in [5.74, 6) is 0.868. The second-order valence-corrected chi connectivity index (χ2v) is 6.53. The third kappa shape index (κ3) is 5.45. The minimum Gasteiger partial charge on any atom is -0.496 e. The number of carbonyl (C=O) groups is 1. The van der Waals surface area contributed by atoms with Crippen LogP contribution in [-0.4, -0.2) is 24.5 Å². The molecule has 0 aromatic heterocycles. The van der Waals surface area contributed by atoms with Crippen molar-refractivity contribution >= 4 is 5.91 Å². The third-order valence-corrected chi connectivity index (χ3v) is 4.62. The molecule has 0 heterocycles. The Balaban J connectivity index is 1.74. The van der Waals surface area contributed by atoms with Crippen molar-refractivity contribution in [2.45, 2.75) is 19.4 Å². The highest BCUT2D eigenvalue weighted by Gasteiger charge is 2.16. The molecule has 3 aromatic rings. The van der Waals surface area contributed by atoms with E-state index in [0.717, 1.165) is 23.3 Å². The van der Waals surface area contributed by atoms with Crippen molar-refractivity contribution in [1.29, 1.82) is 0 Å². The van der Waals surface area contributed by atoms with E-state index in [1.165, 1.54) is 5.56 Å². The Hall–Kier alpha value is -3.07. The van der Waals surface area contributed by atoms with Crippen molar-refractivity contribution in [3.8, 4) is 5.75 Å². The van der Waals surface area contributed by atoms with Gasteiger partial charge in [-0.2, -0.15) is 0 Å². The molecule has 0 aliphatic carbocycles. The van der Waals surface area contributed by atoms with E-state index in [0.29, 0.717) is 19.5 Å². The SMILES string of the molecule is COc1ccccc1CC(=O)N(CCc1ccccc1)Cc1ccccc1. The van der Waals surface area contributed by atoms with Crippen LogP contribution in [0.15, 0.2) is 84.9 Å². The van der Waals surface area contributed by atoms with Crippen molar-refractivity contribution < 1.29 is 9.53 Å². The molecule has 3 aromatic carbocycles. The Morgan fingerprint density at radius 1 is 0.815 bits per heavy atom. The molecule has 0 saturated heterocycles. The monoisotopic (exact) mass is 359 g/mol. The van der Waals surface area contributed by atoms with E-state index in [-0.39, 0.29) is 5.91 Å². The molecule has 138 valence electrons. The van der Waals surface area contributed by atoms with Gasteiger partial charge in [-0.15, -0.1) is 0 Å². The number of hydrogen-bond acceptors (Lipinski definition) is 2. The van der Waals surface area contributed by atoms with Crippen LogP contribution in [0.1, 0.15) is 16.7 Å². The number of methoxy groups -OCH3 is 1. The molecular formula is C24H25NO2. The first-order valence-corrected chi connectivity index (χ1v) is 9.24. The zero-order valence-electron chi connectivity index (χ0n) is 15.7.